The molecule has 0 saturated heterocycles. The van der Waals surface area contributed by atoms with Crippen molar-refractivity contribution in [1.29, 1.82) is 0 Å². The van der Waals surface area contributed by atoms with Crippen LogP contribution in [0.1, 0.15) is 4.88 Å². The maximum absolute atomic E-state index is 11.2. The van der Waals surface area contributed by atoms with Crippen LogP contribution in [-0.4, -0.2) is 39.6 Å². The number of sulfone groups is 1. The van der Waals surface area contributed by atoms with Crippen molar-refractivity contribution in [1.82, 2.24) is 4.90 Å². The van der Waals surface area contributed by atoms with E-state index in [0.29, 0.717) is 16.7 Å². The Labute approximate surface area is 123 Å². The zero-order chi connectivity index (χ0) is 12.3. The van der Waals surface area contributed by atoms with Crippen molar-refractivity contribution in [2.45, 2.75) is 10.8 Å². The number of nitrogens with zero attached hydrogens (tertiary/aromatic N) is 2. The second kappa shape index (κ2) is 6.55. The summed E-state index contributed by atoms with van der Waals surface area (Å²) in [5.41, 5.74) is 5.62. The van der Waals surface area contributed by atoms with Crippen molar-refractivity contribution in [2.24, 2.45) is 10.7 Å². The molecule has 17 heavy (non-hydrogen) atoms. The highest BCUT2D eigenvalue weighted by molar-refractivity contribution is 14.0. The second-order valence-corrected chi connectivity index (χ2v) is 6.97. The Morgan fingerprint density at radius 1 is 1.47 bits per heavy atom. The predicted octanol–water partition coefficient (Wildman–Crippen LogP) is 1.15. The molecule has 0 aromatic carbocycles. The van der Waals surface area contributed by atoms with Crippen LogP contribution in [0.25, 0.3) is 0 Å². The second-order valence-electron chi connectivity index (χ2n) is 3.56. The summed E-state index contributed by atoms with van der Waals surface area (Å²) in [5.74, 6) is 0.425. The van der Waals surface area contributed by atoms with Crippen molar-refractivity contribution in [3.8, 4) is 0 Å². The quantitative estimate of drug-likeness (QED) is 0.478. The Balaban J connectivity index is 0.00000256. The van der Waals surface area contributed by atoms with Gasteiger partial charge in [-0.05, 0) is 12.1 Å². The fourth-order valence-corrected chi connectivity index (χ4v) is 2.84. The summed E-state index contributed by atoms with van der Waals surface area (Å²) in [6, 6.07) is 3.35. The Morgan fingerprint density at radius 3 is 2.47 bits per heavy atom. The normalized spacial score (nSPS) is 12.1. The van der Waals surface area contributed by atoms with Gasteiger partial charge in [-0.25, -0.2) is 13.4 Å². The van der Waals surface area contributed by atoms with Gasteiger partial charge >= 0.3 is 0 Å². The molecule has 0 fully saturated rings. The van der Waals surface area contributed by atoms with Crippen molar-refractivity contribution in [3.05, 3.63) is 17.0 Å². The molecule has 0 spiro atoms. The number of hydrogen-bond donors (Lipinski definition) is 1. The summed E-state index contributed by atoms with van der Waals surface area (Å²) in [6.07, 6.45) is 1.19. The van der Waals surface area contributed by atoms with Crippen LogP contribution in [0.3, 0.4) is 0 Å². The average Bonchev–Trinajstić information content (AvgIpc) is 2.61. The molecule has 1 aromatic rings. The lowest BCUT2D eigenvalue weighted by Crippen LogP contribution is -2.30. The van der Waals surface area contributed by atoms with Gasteiger partial charge in [0, 0.05) is 25.2 Å². The van der Waals surface area contributed by atoms with Gasteiger partial charge in [0.25, 0.3) is 0 Å². The number of rotatable bonds is 3. The summed E-state index contributed by atoms with van der Waals surface area (Å²) in [7, 11) is 0.493. The lowest BCUT2D eigenvalue weighted by Gasteiger charge is -2.09. The van der Waals surface area contributed by atoms with Crippen molar-refractivity contribution in [3.63, 3.8) is 0 Å². The number of hydrogen-bond acceptors (Lipinski definition) is 4. The molecule has 5 nitrogen and oxygen atoms in total. The van der Waals surface area contributed by atoms with E-state index in [2.05, 4.69) is 4.99 Å². The molecule has 0 aliphatic heterocycles. The third-order valence-corrected chi connectivity index (χ3v) is 4.75. The average molecular weight is 389 g/mol. The zero-order valence-corrected chi connectivity index (χ0v) is 13.8. The molecule has 1 aromatic heterocycles. The molecule has 8 heteroatoms. The van der Waals surface area contributed by atoms with Crippen LogP contribution in [0.4, 0.5) is 0 Å². The minimum absolute atomic E-state index is 0. The molecule has 1 heterocycles. The highest BCUT2D eigenvalue weighted by Gasteiger charge is 2.10. The summed E-state index contributed by atoms with van der Waals surface area (Å²) >= 11 is 1.22. The fraction of sp³-hybridized carbons (Fsp3) is 0.444. The maximum atomic E-state index is 11.2. The van der Waals surface area contributed by atoms with Crippen LogP contribution in [0.2, 0.25) is 0 Å². The van der Waals surface area contributed by atoms with Gasteiger partial charge in [0.05, 0.1) is 6.54 Å². The van der Waals surface area contributed by atoms with Gasteiger partial charge in [-0.1, -0.05) is 0 Å². The Morgan fingerprint density at radius 2 is 2.06 bits per heavy atom. The van der Waals surface area contributed by atoms with E-state index in [1.807, 2.05) is 0 Å². The topological polar surface area (TPSA) is 75.8 Å². The van der Waals surface area contributed by atoms with Gasteiger partial charge in [-0.2, -0.15) is 0 Å². The van der Waals surface area contributed by atoms with E-state index in [0.717, 1.165) is 4.88 Å². The lowest BCUT2D eigenvalue weighted by atomic mass is 10.5. The third kappa shape index (κ3) is 5.21. The van der Waals surface area contributed by atoms with E-state index >= 15 is 0 Å². The first kappa shape index (κ1) is 16.6. The lowest BCUT2D eigenvalue weighted by molar-refractivity contribution is 0.604. The smallest absolute Gasteiger partial charge is 0.191 e. The number of aliphatic imine (C=N–C) groups is 1. The molecule has 98 valence electrons. The number of guanidine groups is 1. The molecule has 0 radical (unpaired) electrons. The summed E-state index contributed by atoms with van der Waals surface area (Å²) < 4.78 is 22.8. The Hall–Kier alpha value is -0.350. The highest BCUT2D eigenvalue weighted by Crippen LogP contribution is 2.21. The van der Waals surface area contributed by atoms with Crippen LogP contribution < -0.4 is 5.73 Å². The van der Waals surface area contributed by atoms with Crippen LogP contribution >= 0.6 is 35.3 Å². The summed E-state index contributed by atoms with van der Waals surface area (Å²) in [6.45, 7) is 0.407. The van der Waals surface area contributed by atoms with Gasteiger partial charge < -0.3 is 10.6 Å². The van der Waals surface area contributed by atoms with Gasteiger partial charge in [0.2, 0.25) is 0 Å². The molecule has 0 unspecified atom stereocenters. The van der Waals surface area contributed by atoms with Gasteiger partial charge in [0.1, 0.15) is 4.21 Å². The molecular formula is C9H16IN3O2S2. The molecule has 2 N–H and O–H groups in total. The summed E-state index contributed by atoms with van der Waals surface area (Å²) in [4.78, 5) is 6.70. The highest BCUT2D eigenvalue weighted by atomic mass is 127. The molecule has 0 amide bonds. The monoisotopic (exact) mass is 389 g/mol. The maximum Gasteiger partial charge on any atom is 0.191 e. The first-order valence-electron chi connectivity index (χ1n) is 4.56. The standard InChI is InChI=1S/C9H15N3O2S2.HI/c1-12(2)9(10)11-6-7-4-5-8(15-7)16(3,13)14;/h4-5H,6H2,1-3H3,(H2,10,11);1H. The molecule has 0 aliphatic carbocycles. The third-order valence-electron chi connectivity index (χ3n) is 1.86. The number of nitrogens with two attached hydrogens (primary N) is 1. The van der Waals surface area contributed by atoms with E-state index in [1.165, 1.54) is 17.6 Å². The van der Waals surface area contributed by atoms with E-state index in [-0.39, 0.29) is 24.0 Å². The minimum Gasteiger partial charge on any atom is -0.370 e. The number of halogens is 1. The van der Waals surface area contributed by atoms with Crippen molar-refractivity contribution < 1.29 is 8.42 Å². The molecule has 0 aliphatic rings. The Kier molecular flexibility index (Phi) is 6.41. The van der Waals surface area contributed by atoms with E-state index in [9.17, 15) is 8.42 Å². The fourth-order valence-electron chi connectivity index (χ4n) is 0.943. The SMILES string of the molecule is CN(C)C(N)=NCc1ccc(S(C)(=O)=O)s1.I. The van der Waals surface area contributed by atoms with Crippen LogP contribution in [0.5, 0.6) is 0 Å². The van der Waals surface area contributed by atoms with Gasteiger partial charge in [0.15, 0.2) is 15.8 Å². The zero-order valence-electron chi connectivity index (χ0n) is 9.87. The predicted molar refractivity (Wildman–Crippen MR) is 81.9 cm³/mol. The molecule has 0 saturated carbocycles. The van der Waals surface area contributed by atoms with Gasteiger partial charge in [-0.3, -0.25) is 0 Å². The minimum atomic E-state index is -3.11. The van der Waals surface area contributed by atoms with E-state index < -0.39 is 9.84 Å². The number of thiophene rings is 1. The van der Waals surface area contributed by atoms with Crippen LogP contribution in [0, 0.1) is 0 Å². The molecule has 0 bridgehead atoms. The largest absolute Gasteiger partial charge is 0.370 e. The molecule has 1 rings (SSSR count). The van der Waals surface area contributed by atoms with Crippen LogP contribution in [0.15, 0.2) is 21.3 Å². The van der Waals surface area contributed by atoms with Crippen molar-refractivity contribution >= 4 is 51.1 Å². The molecular weight excluding hydrogens is 373 g/mol. The first-order chi connectivity index (χ1) is 7.30. The van der Waals surface area contributed by atoms with Gasteiger partial charge in [-0.15, -0.1) is 35.3 Å². The van der Waals surface area contributed by atoms with Crippen LogP contribution in [-0.2, 0) is 16.4 Å². The molecule has 0 atom stereocenters. The van der Waals surface area contributed by atoms with Crippen molar-refractivity contribution in [2.75, 3.05) is 20.4 Å². The van der Waals surface area contributed by atoms with E-state index in [4.69, 9.17) is 5.73 Å². The first-order valence-corrected chi connectivity index (χ1v) is 7.27. The Bertz CT molecular complexity index is 494. The van der Waals surface area contributed by atoms with E-state index in [1.54, 1.807) is 31.1 Å². The summed E-state index contributed by atoms with van der Waals surface area (Å²) in [5, 5.41) is 0.